The van der Waals surface area contributed by atoms with Crippen LogP contribution in [0.5, 0.6) is 5.75 Å². The molecule has 0 heterocycles. The van der Waals surface area contributed by atoms with Gasteiger partial charge in [-0.05, 0) is 63.1 Å². The molecule has 0 fully saturated rings. The van der Waals surface area contributed by atoms with Gasteiger partial charge < -0.3 is 18.9 Å². The third-order valence-corrected chi connectivity index (χ3v) is 4.31. The summed E-state index contributed by atoms with van der Waals surface area (Å²) >= 11 is 0. The summed E-state index contributed by atoms with van der Waals surface area (Å²) in [7, 11) is 1.70. The van der Waals surface area contributed by atoms with Crippen molar-refractivity contribution in [2.24, 2.45) is 0 Å². The topological polar surface area (TPSA) is 57.2 Å². The minimum absolute atomic E-state index is 0.377. The molecule has 1 radical (unpaired) electrons. The first-order valence-corrected chi connectivity index (χ1v) is 10.7. The highest BCUT2D eigenvalue weighted by molar-refractivity contribution is 5.87. The average Bonchev–Trinajstić information content (AvgIpc) is 2.76. The second-order valence-electron chi connectivity index (χ2n) is 8.11. The monoisotopic (exact) mass is 440 g/mol. The van der Waals surface area contributed by atoms with Crippen molar-refractivity contribution in [3.05, 3.63) is 66.6 Å². The summed E-state index contributed by atoms with van der Waals surface area (Å²) in [5, 5.41) is 0. The maximum Gasteiger partial charge on any atom is 0.414 e. The Morgan fingerprint density at radius 1 is 0.875 bits per heavy atom. The first kappa shape index (κ1) is 25.4. The Balaban J connectivity index is 1.81. The van der Waals surface area contributed by atoms with Crippen LogP contribution in [0.3, 0.4) is 0 Å². The third-order valence-electron chi connectivity index (χ3n) is 4.31. The highest BCUT2D eigenvalue weighted by Gasteiger charge is 2.20. The fourth-order valence-corrected chi connectivity index (χ4v) is 2.65. The van der Waals surface area contributed by atoms with Gasteiger partial charge in [-0.15, -0.1) is 0 Å². The van der Waals surface area contributed by atoms with Crippen molar-refractivity contribution in [1.29, 1.82) is 0 Å². The van der Waals surface area contributed by atoms with Gasteiger partial charge in [-0.3, -0.25) is 4.90 Å². The van der Waals surface area contributed by atoms with Gasteiger partial charge in [0, 0.05) is 19.3 Å². The summed E-state index contributed by atoms with van der Waals surface area (Å²) in [6.45, 7) is 11.7. The molecule has 0 aliphatic carbocycles. The van der Waals surface area contributed by atoms with Gasteiger partial charge in [0.25, 0.3) is 0 Å². The van der Waals surface area contributed by atoms with E-state index in [1.54, 1.807) is 7.05 Å². The van der Waals surface area contributed by atoms with Crippen molar-refractivity contribution in [2.45, 2.75) is 26.4 Å². The molecule has 0 bridgehead atoms. The molecule has 0 saturated carbocycles. The number of amides is 1. The van der Waals surface area contributed by atoms with E-state index in [9.17, 15) is 4.79 Å². The molecule has 0 N–H and O–H groups in total. The van der Waals surface area contributed by atoms with E-state index in [1.807, 2.05) is 81.5 Å². The minimum Gasteiger partial charge on any atom is -0.491 e. The van der Waals surface area contributed by atoms with Gasteiger partial charge in [0.2, 0.25) is 0 Å². The fraction of sp³-hybridized carbons (Fsp3) is 0.385. The number of carbonyl (C=O) groups excluding carboxylic acids is 1. The molecule has 0 atom stereocenters. The van der Waals surface area contributed by atoms with Crippen LogP contribution in [-0.4, -0.2) is 51.8 Å². The summed E-state index contributed by atoms with van der Waals surface area (Å²) < 4.78 is 21.6. The molecule has 0 aliphatic rings. The molecular weight excluding hydrogens is 406 g/mol. The van der Waals surface area contributed by atoms with Gasteiger partial charge in [0.15, 0.2) is 0 Å². The molecular formula is C26H34NO5. The first-order chi connectivity index (χ1) is 15.3. The van der Waals surface area contributed by atoms with Crippen LogP contribution in [0.1, 0.15) is 31.9 Å². The fourth-order valence-electron chi connectivity index (χ4n) is 2.65. The average molecular weight is 441 g/mol. The molecule has 6 nitrogen and oxygen atoms in total. The third kappa shape index (κ3) is 9.54. The van der Waals surface area contributed by atoms with E-state index >= 15 is 0 Å². The lowest BCUT2D eigenvalue weighted by Gasteiger charge is -2.24. The van der Waals surface area contributed by atoms with Crippen LogP contribution in [0, 0.1) is 6.92 Å². The van der Waals surface area contributed by atoms with E-state index in [2.05, 4.69) is 6.92 Å². The standard InChI is InChI=1S/C26H34NO5/c1-6-29-17-18-30-19-20-31-24-15-11-22(12-16-24)8-7-21-9-13-23(14-10-21)27(5)25(28)32-26(2,3)4/h7-16H,1,6,17-20H2,2-5H3. The zero-order chi connectivity index (χ0) is 23.4. The van der Waals surface area contributed by atoms with E-state index < -0.39 is 5.60 Å². The smallest absolute Gasteiger partial charge is 0.414 e. The maximum atomic E-state index is 12.2. The van der Waals surface area contributed by atoms with Gasteiger partial charge in [-0.1, -0.05) is 36.4 Å². The highest BCUT2D eigenvalue weighted by atomic mass is 16.6. The SMILES string of the molecule is [CH2]COCCOCCOc1ccc(C=Cc2ccc(N(C)C(=O)OC(C)(C)C)cc2)cc1. The Morgan fingerprint density at radius 2 is 1.41 bits per heavy atom. The predicted molar refractivity (Wildman–Crippen MR) is 129 cm³/mol. The minimum atomic E-state index is -0.524. The van der Waals surface area contributed by atoms with Crippen molar-refractivity contribution in [1.82, 2.24) is 0 Å². The number of rotatable bonds is 11. The predicted octanol–water partition coefficient (Wildman–Crippen LogP) is 5.47. The normalized spacial score (nSPS) is 11.5. The molecule has 0 saturated heterocycles. The number of anilines is 1. The molecule has 2 aromatic rings. The number of ether oxygens (including phenoxy) is 4. The number of benzene rings is 2. The lowest BCUT2D eigenvalue weighted by Crippen LogP contribution is -2.34. The van der Waals surface area contributed by atoms with E-state index in [-0.39, 0.29) is 6.09 Å². The van der Waals surface area contributed by atoms with Crippen molar-refractivity contribution in [3.8, 4) is 5.75 Å². The Hall–Kier alpha value is -2.83. The number of carbonyl (C=O) groups is 1. The molecule has 173 valence electrons. The van der Waals surface area contributed by atoms with Crippen molar-refractivity contribution in [3.63, 3.8) is 0 Å². The second kappa shape index (κ2) is 12.9. The van der Waals surface area contributed by atoms with Gasteiger partial charge in [0.1, 0.15) is 18.0 Å². The van der Waals surface area contributed by atoms with Gasteiger partial charge in [-0.25, -0.2) is 4.79 Å². The summed E-state index contributed by atoms with van der Waals surface area (Å²) in [5.41, 5.74) is 2.35. The maximum absolute atomic E-state index is 12.2. The summed E-state index contributed by atoms with van der Waals surface area (Å²) in [5.74, 6) is 0.800. The Morgan fingerprint density at radius 3 is 1.97 bits per heavy atom. The van der Waals surface area contributed by atoms with Crippen LogP contribution in [-0.2, 0) is 14.2 Å². The van der Waals surface area contributed by atoms with Crippen molar-refractivity contribution in [2.75, 3.05) is 45.0 Å². The number of hydrogen-bond acceptors (Lipinski definition) is 5. The lowest BCUT2D eigenvalue weighted by molar-refractivity contribution is 0.0445. The number of nitrogens with zero attached hydrogens (tertiary/aromatic N) is 1. The molecule has 2 aromatic carbocycles. The van der Waals surface area contributed by atoms with Gasteiger partial charge >= 0.3 is 6.09 Å². The van der Waals surface area contributed by atoms with Crippen molar-refractivity contribution < 1.29 is 23.7 Å². The summed E-state index contributed by atoms with van der Waals surface area (Å²) in [6, 6.07) is 15.6. The molecule has 0 aliphatic heterocycles. The van der Waals surface area contributed by atoms with Crippen LogP contribution < -0.4 is 9.64 Å². The molecule has 6 heteroatoms. The van der Waals surface area contributed by atoms with Crippen molar-refractivity contribution >= 4 is 23.9 Å². The van der Waals surface area contributed by atoms with E-state index in [1.165, 1.54) is 4.90 Å². The van der Waals surface area contributed by atoms with Gasteiger partial charge in [0.05, 0.1) is 19.8 Å². The largest absolute Gasteiger partial charge is 0.491 e. The number of hydrogen-bond donors (Lipinski definition) is 0. The highest BCUT2D eigenvalue weighted by Crippen LogP contribution is 2.19. The Bertz CT molecular complexity index is 838. The zero-order valence-electron chi connectivity index (χ0n) is 19.5. The van der Waals surface area contributed by atoms with E-state index in [0.717, 1.165) is 22.6 Å². The lowest BCUT2D eigenvalue weighted by atomic mass is 10.1. The van der Waals surface area contributed by atoms with Crippen LogP contribution in [0.2, 0.25) is 0 Å². The quantitative estimate of drug-likeness (QED) is 0.342. The Kier molecular flexibility index (Phi) is 10.2. The van der Waals surface area contributed by atoms with Crippen LogP contribution >= 0.6 is 0 Å². The second-order valence-corrected chi connectivity index (χ2v) is 8.11. The molecule has 0 aromatic heterocycles. The molecule has 1 amide bonds. The van der Waals surface area contributed by atoms with Crippen LogP contribution in [0.25, 0.3) is 12.2 Å². The Labute approximate surface area is 191 Å². The van der Waals surface area contributed by atoms with E-state index in [0.29, 0.717) is 33.0 Å². The molecule has 0 unspecified atom stereocenters. The summed E-state index contributed by atoms with van der Waals surface area (Å²) in [4.78, 5) is 13.7. The molecule has 32 heavy (non-hydrogen) atoms. The van der Waals surface area contributed by atoms with E-state index in [4.69, 9.17) is 18.9 Å². The molecule has 2 rings (SSSR count). The van der Waals surface area contributed by atoms with Crippen LogP contribution in [0.4, 0.5) is 10.5 Å². The summed E-state index contributed by atoms with van der Waals surface area (Å²) in [6.07, 6.45) is 3.68. The van der Waals surface area contributed by atoms with Crippen LogP contribution in [0.15, 0.2) is 48.5 Å². The molecule has 0 spiro atoms. The zero-order valence-corrected chi connectivity index (χ0v) is 19.5. The first-order valence-electron chi connectivity index (χ1n) is 10.7. The van der Waals surface area contributed by atoms with Gasteiger partial charge in [-0.2, -0.15) is 0 Å².